The lowest BCUT2D eigenvalue weighted by atomic mass is 10.1. The van der Waals surface area contributed by atoms with E-state index in [2.05, 4.69) is 53.6 Å². The van der Waals surface area contributed by atoms with Gasteiger partial charge in [0.2, 0.25) is 5.13 Å². The zero-order valence-electron chi connectivity index (χ0n) is 16.4. The predicted molar refractivity (Wildman–Crippen MR) is 117 cm³/mol. The smallest absolute Gasteiger partial charge is 0.203 e. The molecule has 0 aliphatic carbocycles. The van der Waals surface area contributed by atoms with Crippen molar-refractivity contribution < 1.29 is 9.47 Å². The molecule has 0 atom stereocenters. The molecule has 0 spiro atoms. The van der Waals surface area contributed by atoms with Gasteiger partial charge in [-0.15, -0.1) is 11.3 Å². The Hall–Kier alpha value is -2.86. The van der Waals surface area contributed by atoms with E-state index in [9.17, 15) is 0 Å². The Labute approximate surface area is 170 Å². The third-order valence-corrected chi connectivity index (χ3v) is 4.70. The van der Waals surface area contributed by atoms with Crippen LogP contribution in [0.1, 0.15) is 31.4 Å². The number of rotatable bonds is 9. The average Bonchev–Trinajstić information content (AvgIpc) is 3.17. The maximum absolute atomic E-state index is 5.73. The molecule has 0 bridgehead atoms. The van der Waals surface area contributed by atoms with Crippen LogP contribution in [0.25, 0.3) is 11.3 Å². The third-order valence-electron chi connectivity index (χ3n) is 3.95. The van der Waals surface area contributed by atoms with Crippen molar-refractivity contribution in [2.24, 2.45) is 5.10 Å². The van der Waals surface area contributed by atoms with Gasteiger partial charge < -0.3 is 9.47 Å². The van der Waals surface area contributed by atoms with Crippen LogP contribution in [-0.4, -0.2) is 24.4 Å². The second kappa shape index (κ2) is 9.90. The summed E-state index contributed by atoms with van der Waals surface area (Å²) in [6.45, 7) is 7.37. The van der Waals surface area contributed by atoms with E-state index in [4.69, 9.17) is 9.47 Å². The molecule has 3 aromatic rings. The lowest BCUT2D eigenvalue weighted by Crippen LogP contribution is -2.00. The third kappa shape index (κ3) is 5.33. The number of anilines is 1. The van der Waals surface area contributed by atoms with Gasteiger partial charge in [0.05, 0.1) is 25.1 Å². The molecule has 146 valence electrons. The number of thiazole rings is 1. The molecular formula is C22H25N3O2S. The van der Waals surface area contributed by atoms with Gasteiger partial charge in [-0.25, -0.2) is 4.98 Å². The maximum Gasteiger partial charge on any atom is 0.203 e. The summed E-state index contributed by atoms with van der Waals surface area (Å²) in [5.74, 6) is 1.49. The zero-order valence-corrected chi connectivity index (χ0v) is 17.3. The van der Waals surface area contributed by atoms with Crippen molar-refractivity contribution in [2.45, 2.75) is 27.2 Å². The van der Waals surface area contributed by atoms with E-state index >= 15 is 0 Å². The number of aromatic nitrogens is 1. The van der Waals surface area contributed by atoms with Crippen LogP contribution in [0.15, 0.2) is 52.9 Å². The summed E-state index contributed by atoms with van der Waals surface area (Å²) in [4.78, 5) is 4.59. The first-order valence-electron chi connectivity index (χ1n) is 9.41. The fraction of sp³-hybridized carbons (Fsp3) is 0.273. The fourth-order valence-electron chi connectivity index (χ4n) is 2.55. The summed E-state index contributed by atoms with van der Waals surface area (Å²) in [6.07, 6.45) is 2.70. The number of ether oxygens (including phenoxy) is 2. The van der Waals surface area contributed by atoms with Crippen LogP contribution in [0.3, 0.4) is 0 Å². The van der Waals surface area contributed by atoms with Gasteiger partial charge >= 0.3 is 0 Å². The van der Waals surface area contributed by atoms with Crippen LogP contribution in [-0.2, 0) is 0 Å². The van der Waals surface area contributed by atoms with Crippen molar-refractivity contribution in [3.8, 4) is 22.8 Å². The standard InChI is InChI=1S/C22H25N3O2S/c1-4-12-27-20-11-8-17(13-21(20)26-5-2)14-23-25-22-24-19(15-28-22)18-9-6-16(3)7-10-18/h6-11,13-15H,4-5,12H2,1-3H3,(H,24,25)/b23-14-. The normalized spacial score (nSPS) is 11.0. The largest absolute Gasteiger partial charge is 0.490 e. The summed E-state index contributed by atoms with van der Waals surface area (Å²) in [5.41, 5.74) is 7.20. The van der Waals surface area contributed by atoms with Crippen molar-refractivity contribution in [3.05, 3.63) is 59.0 Å². The molecule has 3 rings (SSSR count). The molecule has 0 saturated carbocycles. The number of nitrogens with one attached hydrogen (secondary N) is 1. The van der Waals surface area contributed by atoms with Crippen LogP contribution in [0.5, 0.6) is 11.5 Å². The van der Waals surface area contributed by atoms with E-state index in [1.807, 2.05) is 30.5 Å². The van der Waals surface area contributed by atoms with Gasteiger partial charge in [0, 0.05) is 10.9 Å². The summed E-state index contributed by atoms with van der Waals surface area (Å²) < 4.78 is 11.4. The number of hydrogen-bond acceptors (Lipinski definition) is 6. The predicted octanol–water partition coefficient (Wildman–Crippen LogP) is 5.75. The van der Waals surface area contributed by atoms with Gasteiger partial charge in [-0.05, 0) is 44.0 Å². The molecule has 2 aromatic carbocycles. The van der Waals surface area contributed by atoms with Crippen molar-refractivity contribution >= 4 is 22.7 Å². The highest BCUT2D eigenvalue weighted by Gasteiger charge is 2.06. The molecule has 1 heterocycles. The molecule has 0 saturated heterocycles. The molecule has 1 N–H and O–H groups in total. The number of hydrazone groups is 1. The molecule has 1 aromatic heterocycles. The lowest BCUT2D eigenvalue weighted by molar-refractivity contribution is 0.277. The average molecular weight is 396 g/mol. The number of hydrogen-bond donors (Lipinski definition) is 1. The first-order valence-corrected chi connectivity index (χ1v) is 10.3. The van der Waals surface area contributed by atoms with Gasteiger partial charge in [-0.2, -0.15) is 5.10 Å². The summed E-state index contributed by atoms with van der Waals surface area (Å²) >= 11 is 1.53. The Morgan fingerprint density at radius 3 is 2.64 bits per heavy atom. The van der Waals surface area contributed by atoms with E-state index < -0.39 is 0 Å². The first-order chi connectivity index (χ1) is 13.7. The number of nitrogens with zero attached hydrogens (tertiary/aromatic N) is 2. The molecule has 0 fully saturated rings. The van der Waals surface area contributed by atoms with Crippen LogP contribution < -0.4 is 14.9 Å². The Balaban J connectivity index is 1.65. The quantitative estimate of drug-likeness (QED) is 0.370. The number of benzene rings is 2. The Morgan fingerprint density at radius 2 is 1.89 bits per heavy atom. The van der Waals surface area contributed by atoms with Crippen LogP contribution in [0, 0.1) is 6.92 Å². The molecule has 6 heteroatoms. The van der Waals surface area contributed by atoms with E-state index in [1.54, 1.807) is 6.21 Å². The van der Waals surface area contributed by atoms with Gasteiger partial charge in [0.25, 0.3) is 0 Å². The van der Waals surface area contributed by atoms with Gasteiger partial charge in [0.1, 0.15) is 0 Å². The van der Waals surface area contributed by atoms with Crippen LogP contribution >= 0.6 is 11.3 Å². The molecule has 5 nitrogen and oxygen atoms in total. The van der Waals surface area contributed by atoms with E-state index in [-0.39, 0.29) is 0 Å². The van der Waals surface area contributed by atoms with Crippen LogP contribution in [0.4, 0.5) is 5.13 Å². The highest BCUT2D eigenvalue weighted by atomic mass is 32.1. The Morgan fingerprint density at radius 1 is 1.07 bits per heavy atom. The van der Waals surface area contributed by atoms with E-state index in [1.165, 1.54) is 16.9 Å². The molecule has 0 unspecified atom stereocenters. The number of aryl methyl sites for hydroxylation is 1. The Kier molecular flexibility index (Phi) is 7.03. The highest BCUT2D eigenvalue weighted by molar-refractivity contribution is 7.14. The summed E-state index contributed by atoms with van der Waals surface area (Å²) in [6, 6.07) is 14.1. The van der Waals surface area contributed by atoms with Crippen molar-refractivity contribution in [1.82, 2.24) is 4.98 Å². The molecule has 0 amide bonds. The van der Waals surface area contributed by atoms with Crippen LogP contribution in [0.2, 0.25) is 0 Å². The molecule has 28 heavy (non-hydrogen) atoms. The second-order valence-electron chi connectivity index (χ2n) is 6.26. The topological polar surface area (TPSA) is 55.7 Å². The minimum atomic E-state index is 0.586. The molecule has 0 aliphatic rings. The van der Waals surface area contributed by atoms with E-state index in [0.29, 0.717) is 13.2 Å². The minimum absolute atomic E-state index is 0.586. The molecule has 0 aliphatic heterocycles. The maximum atomic E-state index is 5.73. The lowest BCUT2D eigenvalue weighted by Gasteiger charge is -2.11. The molecular weight excluding hydrogens is 370 g/mol. The summed E-state index contributed by atoms with van der Waals surface area (Å²) in [5, 5.41) is 7.08. The zero-order chi connectivity index (χ0) is 19.8. The molecule has 0 radical (unpaired) electrons. The summed E-state index contributed by atoms with van der Waals surface area (Å²) in [7, 11) is 0. The highest BCUT2D eigenvalue weighted by Crippen LogP contribution is 2.28. The van der Waals surface area contributed by atoms with Crippen molar-refractivity contribution in [2.75, 3.05) is 18.6 Å². The SMILES string of the molecule is CCCOc1ccc(/C=N\Nc2nc(-c3ccc(C)cc3)cs2)cc1OCC. The Bertz CT molecular complexity index is 920. The van der Waals surface area contributed by atoms with Gasteiger partial charge in [-0.1, -0.05) is 36.8 Å². The fourth-order valence-corrected chi connectivity index (χ4v) is 3.22. The minimum Gasteiger partial charge on any atom is -0.490 e. The monoisotopic (exact) mass is 395 g/mol. The second-order valence-corrected chi connectivity index (χ2v) is 7.12. The van der Waals surface area contributed by atoms with Gasteiger partial charge in [0.15, 0.2) is 11.5 Å². The van der Waals surface area contributed by atoms with E-state index in [0.717, 1.165) is 39.9 Å². The van der Waals surface area contributed by atoms with Crippen molar-refractivity contribution in [3.63, 3.8) is 0 Å². The first kappa shape index (κ1) is 19.9. The van der Waals surface area contributed by atoms with Gasteiger partial charge in [-0.3, -0.25) is 5.43 Å². The van der Waals surface area contributed by atoms with Crippen molar-refractivity contribution in [1.29, 1.82) is 0 Å².